The Bertz CT molecular complexity index is 694. The highest BCUT2D eigenvalue weighted by atomic mass is 19.2. The number of alkyl halides is 2. The minimum Gasteiger partial charge on any atom is -0.491 e. The number of ether oxygens (including phenoxy) is 1. The fourth-order valence-corrected chi connectivity index (χ4v) is 1.90. The van der Waals surface area contributed by atoms with Crippen LogP contribution in [0.4, 0.5) is 8.78 Å². The first-order valence-corrected chi connectivity index (χ1v) is 6.53. The summed E-state index contributed by atoms with van der Waals surface area (Å²) in [5.41, 5.74) is -1.32. The van der Waals surface area contributed by atoms with Crippen molar-refractivity contribution in [2.24, 2.45) is 0 Å². The van der Waals surface area contributed by atoms with E-state index in [1.54, 1.807) is 13.8 Å². The van der Waals surface area contributed by atoms with Gasteiger partial charge in [0.2, 0.25) is 6.30 Å². The van der Waals surface area contributed by atoms with Gasteiger partial charge in [-0.15, -0.1) is 0 Å². The van der Waals surface area contributed by atoms with Gasteiger partial charge in [-0.05, 0) is 26.0 Å². The number of nitrogens with zero attached hydrogens (tertiary/aromatic N) is 2. The predicted molar refractivity (Wildman–Crippen MR) is 74.6 cm³/mol. The first-order chi connectivity index (χ1) is 10.2. The van der Waals surface area contributed by atoms with E-state index in [9.17, 15) is 18.7 Å². The number of rotatable bonds is 6. The van der Waals surface area contributed by atoms with Crippen molar-refractivity contribution < 1.29 is 28.5 Å². The Morgan fingerprint density at radius 2 is 2.18 bits per heavy atom. The molecule has 0 bridgehead atoms. The van der Waals surface area contributed by atoms with Gasteiger partial charge >= 0.3 is 5.97 Å². The van der Waals surface area contributed by atoms with Crippen molar-refractivity contribution in [1.29, 1.82) is 0 Å². The molecule has 1 unspecified atom stereocenters. The van der Waals surface area contributed by atoms with Crippen molar-refractivity contribution in [3.63, 3.8) is 0 Å². The SMILES string of the molecule is CC(C)(O)COc1ccc2c(C(=O)O)nn(C(F)CF)c2c1. The van der Waals surface area contributed by atoms with Gasteiger partial charge in [0.15, 0.2) is 5.69 Å². The highest BCUT2D eigenvalue weighted by molar-refractivity contribution is 6.01. The zero-order valence-electron chi connectivity index (χ0n) is 12.1. The second kappa shape index (κ2) is 5.88. The van der Waals surface area contributed by atoms with Crippen LogP contribution < -0.4 is 4.74 Å². The molecule has 0 spiro atoms. The Labute approximate surface area is 124 Å². The lowest BCUT2D eigenvalue weighted by Gasteiger charge is -2.17. The Morgan fingerprint density at radius 3 is 2.73 bits per heavy atom. The summed E-state index contributed by atoms with van der Waals surface area (Å²) in [5, 5.41) is 22.5. The summed E-state index contributed by atoms with van der Waals surface area (Å²) in [5.74, 6) is -1.04. The maximum atomic E-state index is 13.6. The smallest absolute Gasteiger partial charge is 0.357 e. The number of hydrogen-bond donors (Lipinski definition) is 2. The molecule has 1 aromatic carbocycles. The van der Waals surface area contributed by atoms with E-state index in [1.807, 2.05) is 0 Å². The van der Waals surface area contributed by atoms with Crippen LogP contribution in [0.5, 0.6) is 5.75 Å². The number of aliphatic hydroxyl groups is 1. The molecular weight excluding hydrogens is 298 g/mol. The van der Waals surface area contributed by atoms with Gasteiger partial charge in [0.05, 0.1) is 11.1 Å². The number of carboxylic acids is 1. The largest absolute Gasteiger partial charge is 0.491 e. The summed E-state index contributed by atoms with van der Waals surface area (Å²) >= 11 is 0. The number of hydrogen-bond acceptors (Lipinski definition) is 4. The molecule has 0 saturated heterocycles. The molecule has 0 saturated carbocycles. The molecular formula is C14H16F2N2O4. The molecule has 0 aliphatic heterocycles. The van der Waals surface area contributed by atoms with E-state index in [2.05, 4.69) is 5.10 Å². The van der Waals surface area contributed by atoms with E-state index in [-0.39, 0.29) is 23.2 Å². The molecule has 1 aromatic heterocycles. The predicted octanol–water partition coefficient (Wildman–Crippen LogP) is 2.32. The molecule has 0 amide bonds. The lowest BCUT2D eigenvalue weighted by molar-refractivity contribution is 0.0285. The summed E-state index contributed by atoms with van der Waals surface area (Å²) in [7, 11) is 0. The van der Waals surface area contributed by atoms with E-state index >= 15 is 0 Å². The van der Waals surface area contributed by atoms with Crippen molar-refractivity contribution in [2.45, 2.75) is 25.7 Å². The number of fused-ring (bicyclic) bond motifs is 1. The topological polar surface area (TPSA) is 84.6 Å². The van der Waals surface area contributed by atoms with Crippen LogP contribution in [-0.2, 0) is 0 Å². The quantitative estimate of drug-likeness (QED) is 0.855. The average Bonchev–Trinajstić information content (AvgIpc) is 2.82. The van der Waals surface area contributed by atoms with Crippen molar-refractivity contribution in [3.8, 4) is 5.75 Å². The third-order valence-electron chi connectivity index (χ3n) is 2.87. The maximum absolute atomic E-state index is 13.6. The van der Waals surface area contributed by atoms with E-state index < -0.39 is 24.5 Å². The van der Waals surface area contributed by atoms with Crippen LogP contribution in [0.3, 0.4) is 0 Å². The van der Waals surface area contributed by atoms with E-state index in [1.165, 1.54) is 18.2 Å². The zero-order chi connectivity index (χ0) is 16.5. The van der Waals surface area contributed by atoms with Crippen LogP contribution in [0, 0.1) is 0 Å². The van der Waals surface area contributed by atoms with Crippen LogP contribution in [0.25, 0.3) is 10.9 Å². The number of halogens is 2. The molecule has 0 radical (unpaired) electrons. The minimum absolute atomic E-state index is 0.0133. The molecule has 6 nitrogen and oxygen atoms in total. The molecule has 2 rings (SSSR count). The Balaban J connectivity index is 2.47. The van der Waals surface area contributed by atoms with Gasteiger partial charge in [0.25, 0.3) is 0 Å². The van der Waals surface area contributed by atoms with E-state index in [0.29, 0.717) is 10.4 Å². The normalized spacial score (nSPS) is 13.3. The van der Waals surface area contributed by atoms with Crippen molar-refractivity contribution in [3.05, 3.63) is 23.9 Å². The summed E-state index contributed by atoms with van der Waals surface area (Å²) in [6.07, 6.45) is -2.08. The summed E-state index contributed by atoms with van der Waals surface area (Å²) in [6, 6.07) is 4.25. The molecule has 1 atom stereocenters. The minimum atomic E-state index is -2.08. The summed E-state index contributed by atoms with van der Waals surface area (Å²) in [4.78, 5) is 11.1. The van der Waals surface area contributed by atoms with E-state index in [4.69, 9.17) is 9.84 Å². The molecule has 2 aromatic rings. The van der Waals surface area contributed by atoms with Gasteiger partial charge in [0, 0.05) is 11.5 Å². The van der Waals surface area contributed by atoms with Gasteiger partial charge in [-0.2, -0.15) is 5.10 Å². The molecule has 0 fully saturated rings. The second-order valence-corrected chi connectivity index (χ2v) is 5.47. The van der Waals surface area contributed by atoms with E-state index in [0.717, 1.165) is 0 Å². The maximum Gasteiger partial charge on any atom is 0.357 e. The van der Waals surface area contributed by atoms with Gasteiger partial charge in [-0.25, -0.2) is 18.3 Å². The molecule has 2 N–H and O–H groups in total. The standard InChI is InChI=1S/C14H16F2N2O4/c1-14(2,21)7-22-8-3-4-9-10(5-8)18(11(16)6-15)17-12(9)13(19)20/h3-5,11,21H,6-7H2,1-2H3,(H,19,20). The first-order valence-electron chi connectivity index (χ1n) is 6.53. The van der Waals surface area contributed by atoms with Crippen molar-refractivity contribution in [2.75, 3.05) is 13.3 Å². The Morgan fingerprint density at radius 1 is 1.50 bits per heavy atom. The molecule has 0 aliphatic rings. The second-order valence-electron chi connectivity index (χ2n) is 5.47. The van der Waals surface area contributed by atoms with Crippen molar-refractivity contribution >= 4 is 16.9 Å². The number of aromatic nitrogens is 2. The zero-order valence-corrected chi connectivity index (χ0v) is 12.1. The number of carboxylic acid groups (broad SMARTS) is 1. The molecule has 120 valence electrons. The Kier molecular flexibility index (Phi) is 4.32. The third-order valence-corrected chi connectivity index (χ3v) is 2.87. The van der Waals surface area contributed by atoms with Crippen LogP contribution in [-0.4, -0.2) is 44.8 Å². The average molecular weight is 314 g/mol. The number of benzene rings is 1. The lowest BCUT2D eigenvalue weighted by atomic mass is 10.1. The summed E-state index contributed by atoms with van der Waals surface area (Å²) < 4.78 is 32.2. The first kappa shape index (κ1) is 16.2. The monoisotopic (exact) mass is 314 g/mol. The molecule has 1 heterocycles. The third kappa shape index (κ3) is 3.33. The van der Waals surface area contributed by atoms with Gasteiger partial charge in [-0.3, -0.25) is 0 Å². The summed E-state index contributed by atoms with van der Waals surface area (Å²) in [6.45, 7) is 1.77. The fraction of sp³-hybridized carbons (Fsp3) is 0.429. The van der Waals surface area contributed by atoms with Crippen LogP contribution in [0.1, 0.15) is 30.6 Å². The molecule has 8 heteroatoms. The lowest BCUT2D eigenvalue weighted by Crippen LogP contribution is -2.27. The van der Waals surface area contributed by atoms with Gasteiger partial charge in [-0.1, -0.05) is 0 Å². The fourth-order valence-electron chi connectivity index (χ4n) is 1.90. The van der Waals surface area contributed by atoms with Crippen LogP contribution >= 0.6 is 0 Å². The van der Waals surface area contributed by atoms with Crippen LogP contribution in [0.15, 0.2) is 18.2 Å². The number of carbonyl (C=O) groups is 1. The Hall–Kier alpha value is -2.22. The van der Waals surface area contributed by atoms with Gasteiger partial charge in [0.1, 0.15) is 19.0 Å². The van der Waals surface area contributed by atoms with Crippen LogP contribution in [0.2, 0.25) is 0 Å². The van der Waals surface area contributed by atoms with Crippen molar-refractivity contribution in [1.82, 2.24) is 9.78 Å². The highest BCUT2D eigenvalue weighted by Gasteiger charge is 2.22. The highest BCUT2D eigenvalue weighted by Crippen LogP contribution is 2.27. The molecule has 22 heavy (non-hydrogen) atoms. The van der Waals surface area contributed by atoms with Gasteiger partial charge < -0.3 is 14.9 Å². The molecule has 0 aliphatic carbocycles. The number of aromatic carboxylic acids is 1.